The summed E-state index contributed by atoms with van der Waals surface area (Å²) in [7, 11) is 1.78. The molecule has 0 fully saturated rings. The fourth-order valence-electron chi connectivity index (χ4n) is 3.19. The first-order chi connectivity index (χ1) is 12.4. The van der Waals surface area contributed by atoms with Crippen LogP contribution in [0.1, 0.15) is 62.5 Å². The molecule has 2 heterocycles. The highest BCUT2D eigenvalue weighted by Crippen LogP contribution is 2.24. The fourth-order valence-corrected chi connectivity index (χ4v) is 3.19. The lowest BCUT2D eigenvalue weighted by atomic mass is 10.0. The number of amides is 2. The number of hydrogen-bond donors (Lipinski definition) is 1. The van der Waals surface area contributed by atoms with E-state index in [9.17, 15) is 9.59 Å². The van der Waals surface area contributed by atoms with Gasteiger partial charge in [0, 0.05) is 25.7 Å². The van der Waals surface area contributed by atoms with Gasteiger partial charge in [0.15, 0.2) is 0 Å². The van der Waals surface area contributed by atoms with Gasteiger partial charge in [-0.25, -0.2) is 4.98 Å². The average Bonchev–Trinajstić information content (AvgIpc) is 2.96. The molecule has 6 heteroatoms. The van der Waals surface area contributed by atoms with E-state index < -0.39 is 0 Å². The number of fused-ring (bicyclic) bond motifs is 1. The first-order valence-electron chi connectivity index (χ1n) is 9.48. The van der Waals surface area contributed by atoms with E-state index >= 15 is 0 Å². The van der Waals surface area contributed by atoms with Crippen LogP contribution >= 0.6 is 0 Å². The van der Waals surface area contributed by atoms with Crippen molar-refractivity contribution in [3.63, 3.8) is 0 Å². The summed E-state index contributed by atoms with van der Waals surface area (Å²) in [6.45, 7) is 8.70. The molecule has 0 aliphatic rings. The third-order valence-corrected chi connectivity index (χ3v) is 4.82. The summed E-state index contributed by atoms with van der Waals surface area (Å²) in [6.07, 6.45) is 5.37. The van der Waals surface area contributed by atoms with E-state index in [0.717, 1.165) is 42.8 Å². The highest BCUT2D eigenvalue weighted by atomic mass is 16.2. The van der Waals surface area contributed by atoms with Gasteiger partial charge in [-0.05, 0) is 38.3 Å². The van der Waals surface area contributed by atoms with E-state index in [-0.39, 0.29) is 17.7 Å². The van der Waals surface area contributed by atoms with Crippen LogP contribution in [0.15, 0.2) is 18.3 Å². The van der Waals surface area contributed by atoms with Crippen molar-refractivity contribution in [2.75, 3.05) is 18.5 Å². The van der Waals surface area contributed by atoms with Crippen LogP contribution in [0.2, 0.25) is 0 Å². The minimum atomic E-state index is -0.105. The molecule has 0 aromatic carbocycles. The predicted molar refractivity (Wildman–Crippen MR) is 105 cm³/mol. The molecule has 2 aromatic heterocycles. The zero-order chi connectivity index (χ0) is 19.3. The molecule has 0 bridgehead atoms. The van der Waals surface area contributed by atoms with Gasteiger partial charge in [-0.15, -0.1) is 0 Å². The van der Waals surface area contributed by atoms with Crippen LogP contribution in [0.3, 0.4) is 0 Å². The molecule has 0 aliphatic carbocycles. The molecule has 2 rings (SSSR count). The van der Waals surface area contributed by atoms with Gasteiger partial charge in [0.1, 0.15) is 11.5 Å². The average molecular weight is 358 g/mol. The number of rotatable bonds is 8. The Balaban J connectivity index is 2.37. The summed E-state index contributed by atoms with van der Waals surface area (Å²) in [6, 6.07) is 3.59. The second kappa shape index (κ2) is 8.83. The number of nitrogens with zero attached hydrogens (tertiary/aromatic N) is 3. The van der Waals surface area contributed by atoms with Crippen molar-refractivity contribution in [1.82, 2.24) is 14.7 Å². The van der Waals surface area contributed by atoms with Crippen molar-refractivity contribution in [2.24, 2.45) is 5.92 Å². The molecule has 6 nitrogen and oxygen atoms in total. The summed E-state index contributed by atoms with van der Waals surface area (Å²) < 4.78 is 1.84. The van der Waals surface area contributed by atoms with Crippen LogP contribution in [0.5, 0.6) is 0 Å². The van der Waals surface area contributed by atoms with Crippen LogP contribution in [0.4, 0.5) is 5.82 Å². The maximum absolute atomic E-state index is 12.8. The standard InChI is InChI=1S/C20H30N4O2/c1-6-9-12-21-18(25)16-10-11-17-22-14(4)19(24(17)13-16)23(5)20(26)15(7-2)8-3/h10-11,13,15H,6-9,12H2,1-5H3,(H,21,25). The lowest BCUT2D eigenvalue weighted by Crippen LogP contribution is -2.33. The number of aryl methyl sites for hydroxylation is 1. The second-order valence-electron chi connectivity index (χ2n) is 6.69. The maximum atomic E-state index is 12.8. The highest BCUT2D eigenvalue weighted by Gasteiger charge is 2.24. The number of pyridine rings is 1. The Morgan fingerprint density at radius 1 is 1.23 bits per heavy atom. The molecule has 1 N–H and O–H groups in total. The van der Waals surface area contributed by atoms with E-state index in [2.05, 4.69) is 17.2 Å². The number of aromatic nitrogens is 2. The van der Waals surface area contributed by atoms with Crippen molar-refractivity contribution in [3.05, 3.63) is 29.6 Å². The van der Waals surface area contributed by atoms with Crippen LogP contribution in [0.25, 0.3) is 5.65 Å². The van der Waals surface area contributed by atoms with Gasteiger partial charge in [-0.3, -0.25) is 18.9 Å². The minimum Gasteiger partial charge on any atom is -0.352 e. The number of imidazole rings is 1. The van der Waals surface area contributed by atoms with Gasteiger partial charge >= 0.3 is 0 Å². The Kier molecular flexibility index (Phi) is 6.77. The zero-order valence-corrected chi connectivity index (χ0v) is 16.5. The van der Waals surface area contributed by atoms with Crippen LogP contribution < -0.4 is 10.2 Å². The summed E-state index contributed by atoms with van der Waals surface area (Å²) >= 11 is 0. The third kappa shape index (κ3) is 4.06. The van der Waals surface area contributed by atoms with E-state index in [1.165, 1.54) is 0 Å². The van der Waals surface area contributed by atoms with E-state index in [1.807, 2.05) is 31.2 Å². The molecular weight excluding hydrogens is 328 g/mol. The summed E-state index contributed by atoms with van der Waals surface area (Å²) in [5.74, 6) is 0.690. The van der Waals surface area contributed by atoms with Crippen LogP contribution in [-0.4, -0.2) is 34.8 Å². The normalized spacial score (nSPS) is 11.2. The lowest BCUT2D eigenvalue weighted by Gasteiger charge is -2.22. The van der Waals surface area contributed by atoms with Gasteiger partial charge in [0.05, 0.1) is 11.3 Å². The molecule has 0 saturated heterocycles. The summed E-state index contributed by atoms with van der Waals surface area (Å²) in [5, 5.41) is 2.93. The van der Waals surface area contributed by atoms with Gasteiger partial charge in [-0.1, -0.05) is 27.2 Å². The molecule has 0 unspecified atom stereocenters. The van der Waals surface area contributed by atoms with E-state index in [4.69, 9.17) is 0 Å². The molecule has 2 amide bonds. The number of hydrogen-bond acceptors (Lipinski definition) is 3. The molecular formula is C20H30N4O2. The first kappa shape index (κ1) is 19.9. The zero-order valence-electron chi connectivity index (χ0n) is 16.5. The Labute approximate surface area is 155 Å². The van der Waals surface area contributed by atoms with Crippen molar-refractivity contribution < 1.29 is 9.59 Å². The fraction of sp³-hybridized carbons (Fsp3) is 0.550. The number of carbonyl (C=O) groups is 2. The van der Waals surface area contributed by atoms with Gasteiger partial charge < -0.3 is 5.32 Å². The van der Waals surface area contributed by atoms with Crippen molar-refractivity contribution >= 4 is 23.3 Å². The number of anilines is 1. The monoisotopic (exact) mass is 358 g/mol. The minimum absolute atomic E-state index is 0.00882. The van der Waals surface area contributed by atoms with Gasteiger partial charge in [0.25, 0.3) is 5.91 Å². The SMILES string of the molecule is CCCCNC(=O)c1ccc2nc(C)c(N(C)C(=O)C(CC)CC)n2c1. The topological polar surface area (TPSA) is 66.7 Å². The summed E-state index contributed by atoms with van der Waals surface area (Å²) in [4.78, 5) is 31.4. The molecule has 26 heavy (non-hydrogen) atoms. The van der Waals surface area contributed by atoms with Crippen molar-refractivity contribution in [2.45, 2.75) is 53.4 Å². The van der Waals surface area contributed by atoms with E-state index in [1.54, 1.807) is 24.2 Å². The quantitative estimate of drug-likeness (QED) is 0.734. The van der Waals surface area contributed by atoms with E-state index in [0.29, 0.717) is 12.1 Å². The third-order valence-electron chi connectivity index (χ3n) is 4.82. The lowest BCUT2D eigenvalue weighted by molar-refractivity contribution is -0.122. The Bertz CT molecular complexity index is 777. The molecule has 2 aromatic rings. The van der Waals surface area contributed by atoms with Crippen LogP contribution in [0, 0.1) is 12.8 Å². The van der Waals surface area contributed by atoms with Gasteiger partial charge in [0.2, 0.25) is 5.91 Å². The maximum Gasteiger partial charge on any atom is 0.252 e. The largest absolute Gasteiger partial charge is 0.352 e. The highest BCUT2D eigenvalue weighted by molar-refractivity contribution is 5.96. The van der Waals surface area contributed by atoms with Crippen molar-refractivity contribution in [1.29, 1.82) is 0 Å². The van der Waals surface area contributed by atoms with Crippen molar-refractivity contribution in [3.8, 4) is 0 Å². The molecule has 0 radical (unpaired) electrons. The molecule has 142 valence electrons. The number of carbonyl (C=O) groups excluding carboxylic acids is 2. The number of nitrogens with one attached hydrogen (secondary N) is 1. The number of unbranched alkanes of at least 4 members (excludes halogenated alkanes) is 1. The Morgan fingerprint density at radius 3 is 2.54 bits per heavy atom. The Hall–Kier alpha value is -2.37. The summed E-state index contributed by atoms with van der Waals surface area (Å²) in [5.41, 5.74) is 2.07. The Morgan fingerprint density at radius 2 is 1.92 bits per heavy atom. The molecule has 0 spiro atoms. The second-order valence-corrected chi connectivity index (χ2v) is 6.69. The molecule has 0 atom stereocenters. The van der Waals surface area contributed by atoms with Crippen LogP contribution in [-0.2, 0) is 4.79 Å². The smallest absolute Gasteiger partial charge is 0.252 e. The molecule has 0 saturated carbocycles. The predicted octanol–water partition coefficient (Wildman–Crippen LogP) is 3.57. The molecule has 0 aliphatic heterocycles. The first-order valence-corrected chi connectivity index (χ1v) is 9.48. The van der Waals surface area contributed by atoms with Gasteiger partial charge in [-0.2, -0.15) is 0 Å².